The third-order valence-electron chi connectivity index (χ3n) is 2.52. The van der Waals surface area contributed by atoms with E-state index in [0.29, 0.717) is 45.3 Å². The van der Waals surface area contributed by atoms with Crippen molar-refractivity contribution in [1.29, 1.82) is 0 Å². The minimum Gasteiger partial charge on any atom is -0.463 e. The summed E-state index contributed by atoms with van der Waals surface area (Å²) in [4.78, 5) is 11.5. The summed E-state index contributed by atoms with van der Waals surface area (Å²) in [5, 5.41) is 0. The van der Waals surface area contributed by atoms with Gasteiger partial charge in [-0.05, 0) is 24.8 Å². The molecule has 0 bridgehead atoms. The van der Waals surface area contributed by atoms with Crippen LogP contribution < -0.4 is 5.73 Å². The highest BCUT2D eigenvalue weighted by Gasteiger charge is 2.14. The van der Waals surface area contributed by atoms with Crippen molar-refractivity contribution in [2.45, 2.75) is 26.7 Å². The molecule has 0 saturated heterocycles. The summed E-state index contributed by atoms with van der Waals surface area (Å²) in [6.45, 7) is 6.55. The van der Waals surface area contributed by atoms with Crippen molar-refractivity contribution >= 4 is 5.97 Å². The molecule has 0 aromatic carbocycles. The molecule has 0 radical (unpaired) electrons. The Morgan fingerprint density at radius 2 is 1.83 bits per heavy atom. The van der Waals surface area contributed by atoms with Crippen LogP contribution in [0.15, 0.2) is 0 Å². The highest BCUT2D eigenvalue weighted by atomic mass is 16.6. The summed E-state index contributed by atoms with van der Waals surface area (Å²) in [6, 6.07) is 0. The van der Waals surface area contributed by atoms with E-state index in [1.54, 1.807) is 7.11 Å². The lowest BCUT2D eigenvalue weighted by atomic mass is 9.94. The van der Waals surface area contributed by atoms with E-state index in [1.807, 2.05) is 0 Å². The van der Waals surface area contributed by atoms with Crippen LogP contribution in [-0.4, -0.2) is 46.1 Å². The van der Waals surface area contributed by atoms with Crippen LogP contribution in [0.4, 0.5) is 0 Å². The fourth-order valence-corrected chi connectivity index (χ4v) is 1.68. The van der Waals surface area contributed by atoms with Crippen molar-refractivity contribution in [3.63, 3.8) is 0 Å². The monoisotopic (exact) mass is 261 g/mol. The number of ether oxygens (including phenoxy) is 3. The van der Waals surface area contributed by atoms with Crippen LogP contribution in [0.5, 0.6) is 0 Å². The van der Waals surface area contributed by atoms with Gasteiger partial charge in [0.1, 0.15) is 6.61 Å². The molecule has 2 N–H and O–H groups in total. The lowest BCUT2D eigenvalue weighted by Gasteiger charge is -2.16. The average molecular weight is 261 g/mol. The van der Waals surface area contributed by atoms with E-state index < -0.39 is 0 Å². The van der Waals surface area contributed by atoms with Gasteiger partial charge in [-0.2, -0.15) is 0 Å². The predicted molar refractivity (Wildman–Crippen MR) is 70.3 cm³/mol. The van der Waals surface area contributed by atoms with Crippen LogP contribution in [0.3, 0.4) is 0 Å². The topological polar surface area (TPSA) is 70.8 Å². The number of hydrogen-bond acceptors (Lipinski definition) is 5. The zero-order valence-electron chi connectivity index (χ0n) is 11.8. The van der Waals surface area contributed by atoms with Gasteiger partial charge in [0.05, 0.1) is 19.8 Å². The fraction of sp³-hybridized carbons (Fsp3) is 0.923. The molecule has 0 spiro atoms. The molecule has 0 aliphatic rings. The third kappa shape index (κ3) is 10.5. The number of carbonyl (C=O) groups excluding carboxylic acids is 1. The molecule has 0 unspecified atom stereocenters. The van der Waals surface area contributed by atoms with Crippen LogP contribution in [0, 0.1) is 11.8 Å². The molecule has 5 nitrogen and oxygen atoms in total. The first kappa shape index (κ1) is 17.4. The smallest absolute Gasteiger partial charge is 0.306 e. The van der Waals surface area contributed by atoms with Crippen molar-refractivity contribution in [2.75, 3.05) is 40.1 Å². The summed E-state index contributed by atoms with van der Waals surface area (Å²) in [5.74, 6) is 0.567. The zero-order chi connectivity index (χ0) is 13.8. The second-order valence-electron chi connectivity index (χ2n) is 4.76. The molecule has 0 rings (SSSR count). The van der Waals surface area contributed by atoms with Gasteiger partial charge in [-0.3, -0.25) is 4.79 Å². The van der Waals surface area contributed by atoms with E-state index in [1.165, 1.54) is 0 Å². The largest absolute Gasteiger partial charge is 0.463 e. The Balaban J connectivity index is 3.56. The predicted octanol–water partition coefficient (Wildman–Crippen LogP) is 1.20. The summed E-state index contributed by atoms with van der Waals surface area (Å²) in [5.41, 5.74) is 5.63. The van der Waals surface area contributed by atoms with E-state index in [9.17, 15) is 4.79 Å². The Bertz CT molecular complexity index is 209. The summed E-state index contributed by atoms with van der Waals surface area (Å²) >= 11 is 0. The van der Waals surface area contributed by atoms with Crippen LogP contribution in [-0.2, 0) is 19.0 Å². The molecule has 5 heteroatoms. The van der Waals surface area contributed by atoms with Gasteiger partial charge in [0, 0.05) is 13.5 Å². The van der Waals surface area contributed by atoms with E-state index in [2.05, 4.69) is 13.8 Å². The highest BCUT2D eigenvalue weighted by molar-refractivity contribution is 5.69. The zero-order valence-corrected chi connectivity index (χ0v) is 11.8. The quantitative estimate of drug-likeness (QED) is 0.447. The second kappa shape index (κ2) is 11.4. The van der Waals surface area contributed by atoms with Crippen molar-refractivity contribution in [2.24, 2.45) is 17.6 Å². The fourth-order valence-electron chi connectivity index (χ4n) is 1.68. The van der Waals surface area contributed by atoms with E-state index >= 15 is 0 Å². The number of hydrogen-bond donors (Lipinski definition) is 1. The van der Waals surface area contributed by atoms with Gasteiger partial charge in [-0.15, -0.1) is 0 Å². The normalized spacial score (nSPS) is 12.7. The van der Waals surface area contributed by atoms with Gasteiger partial charge in [0.15, 0.2) is 0 Å². The van der Waals surface area contributed by atoms with E-state index in [0.717, 1.165) is 6.42 Å². The Labute approximate surface area is 110 Å². The molecule has 0 aromatic rings. The van der Waals surface area contributed by atoms with Crippen LogP contribution in [0.1, 0.15) is 26.7 Å². The van der Waals surface area contributed by atoms with E-state index in [-0.39, 0.29) is 11.9 Å². The maximum Gasteiger partial charge on any atom is 0.306 e. The molecule has 0 aromatic heterocycles. The van der Waals surface area contributed by atoms with Gasteiger partial charge < -0.3 is 19.9 Å². The molecule has 0 heterocycles. The van der Waals surface area contributed by atoms with Crippen molar-refractivity contribution < 1.29 is 19.0 Å². The van der Waals surface area contributed by atoms with Crippen molar-refractivity contribution in [3.05, 3.63) is 0 Å². The van der Waals surface area contributed by atoms with E-state index in [4.69, 9.17) is 19.9 Å². The first-order chi connectivity index (χ1) is 8.60. The maximum atomic E-state index is 11.5. The first-order valence-corrected chi connectivity index (χ1v) is 6.52. The average Bonchev–Trinajstić information content (AvgIpc) is 2.32. The number of esters is 1. The molecule has 1 atom stereocenters. The molecule has 0 aliphatic carbocycles. The molecule has 18 heavy (non-hydrogen) atoms. The molecule has 108 valence electrons. The number of carbonyl (C=O) groups is 1. The third-order valence-corrected chi connectivity index (χ3v) is 2.52. The van der Waals surface area contributed by atoms with Crippen LogP contribution >= 0.6 is 0 Å². The SMILES string of the molecule is COCCOCCOC(=O)C[C@@H](CN)CC(C)C. The summed E-state index contributed by atoms with van der Waals surface area (Å²) < 4.78 is 15.1. The van der Waals surface area contributed by atoms with Gasteiger partial charge >= 0.3 is 5.97 Å². The van der Waals surface area contributed by atoms with Crippen LogP contribution in [0.2, 0.25) is 0 Å². The van der Waals surface area contributed by atoms with Gasteiger partial charge in [-0.25, -0.2) is 0 Å². The number of nitrogens with two attached hydrogens (primary N) is 1. The maximum absolute atomic E-state index is 11.5. The molecule has 0 fully saturated rings. The summed E-state index contributed by atoms with van der Waals surface area (Å²) in [6.07, 6.45) is 1.35. The minimum absolute atomic E-state index is 0.193. The van der Waals surface area contributed by atoms with Crippen LogP contribution in [0.25, 0.3) is 0 Å². The number of methoxy groups -OCH3 is 1. The van der Waals surface area contributed by atoms with Gasteiger partial charge in [0.25, 0.3) is 0 Å². The lowest BCUT2D eigenvalue weighted by Crippen LogP contribution is -2.22. The molecule has 0 amide bonds. The Morgan fingerprint density at radius 3 is 2.39 bits per heavy atom. The van der Waals surface area contributed by atoms with Gasteiger partial charge in [-0.1, -0.05) is 13.8 Å². The van der Waals surface area contributed by atoms with Gasteiger partial charge in [0.2, 0.25) is 0 Å². The highest BCUT2D eigenvalue weighted by Crippen LogP contribution is 2.14. The molecular formula is C13H27NO4. The Kier molecular flexibility index (Phi) is 11.0. The second-order valence-corrected chi connectivity index (χ2v) is 4.76. The first-order valence-electron chi connectivity index (χ1n) is 6.52. The lowest BCUT2D eigenvalue weighted by molar-refractivity contribution is -0.146. The molecule has 0 aliphatic heterocycles. The molecular weight excluding hydrogens is 234 g/mol. The molecule has 0 saturated carbocycles. The minimum atomic E-state index is -0.193. The Morgan fingerprint density at radius 1 is 1.17 bits per heavy atom. The Hall–Kier alpha value is -0.650. The standard InChI is InChI=1S/C13H27NO4/c1-11(2)8-12(10-14)9-13(15)18-7-6-17-5-4-16-3/h11-12H,4-10,14H2,1-3H3/t12-/m0/s1. The summed E-state index contributed by atoms with van der Waals surface area (Å²) in [7, 11) is 1.62. The van der Waals surface area contributed by atoms with Crippen molar-refractivity contribution in [3.8, 4) is 0 Å². The van der Waals surface area contributed by atoms with Crippen molar-refractivity contribution in [1.82, 2.24) is 0 Å². The number of rotatable bonds is 11.